The van der Waals surface area contributed by atoms with Crippen molar-refractivity contribution in [2.24, 2.45) is 5.92 Å². The Morgan fingerprint density at radius 2 is 1.88 bits per heavy atom. The van der Waals surface area contributed by atoms with E-state index >= 15 is 0 Å². The summed E-state index contributed by atoms with van der Waals surface area (Å²) in [6.45, 7) is 0. The Kier molecular flexibility index (Phi) is 4.86. The third kappa shape index (κ3) is 4.32. The van der Waals surface area contributed by atoms with Gasteiger partial charge in [0.1, 0.15) is 11.6 Å². The van der Waals surface area contributed by atoms with Crippen LogP contribution in [0.25, 0.3) is 0 Å². The Morgan fingerprint density at radius 3 is 2.50 bits per heavy atom. The summed E-state index contributed by atoms with van der Waals surface area (Å²) < 4.78 is 43.4. The fraction of sp³-hybridized carbons (Fsp3) is 0.278. The molecule has 0 radical (unpaired) electrons. The van der Waals surface area contributed by atoms with Crippen molar-refractivity contribution >= 4 is 27.3 Å². The van der Waals surface area contributed by atoms with Crippen LogP contribution < -0.4 is 14.8 Å². The van der Waals surface area contributed by atoms with E-state index in [4.69, 9.17) is 4.74 Å². The van der Waals surface area contributed by atoms with Gasteiger partial charge < -0.3 is 10.1 Å². The molecule has 6 nitrogen and oxygen atoms in total. The van der Waals surface area contributed by atoms with E-state index in [0.717, 1.165) is 11.8 Å². The van der Waals surface area contributed by atoms with Crippen LogP contribution in [0, 0.1) is 11.7 Å². The zero-order valence-electron chi connectivity index (χ0n) is 14.3. The Labute approximate surface area is 151 Å². The summed E-state index contributed by atoms with van der Waals surface area (Å²) in [5.74, 6) is -0.227. The van der Waals surface area contributed by atoms with Crippen LogP contribution in [0.4, 0.5) is 15.8 Å². The molecule has 1 aliphatic rings. The van der Waals surface area contributed by atoms with Gasteiger partial charge in [-0.15, -0.1) is 0 Å². The van der Waals surface area contributed by atoms with Crippen LogP contribution in [0.3, 0.4) is 0 Å². The number of nitrogens with one attached hydrogen (secondary N) is 2. The molecule has 1 aliphatic carbocycles. The van der Waals surface area contributed by atoms with Crippen molar-refractivity contribution in [1.29, 1.82) is 0 Å². The van der Waals surface area contributed by atoms with E-state index in [1.54, 1.807) is 24.3 Å². The van der Waals surface area contributed by atoms with E-state index in [-0.39, 0.29) is 29.2 Å². The molecule has 0 unspecified atom stereocenters. The van der Waals surface area contributed by atoms with Crippen molar-refractivity contribution in [2.45, 2.75) is 12.3 Å². The van der Waals surface area contributed by atoms with Gasteiger partial charge in [0.15, 0.2) is 0 Å². The highest BCUT2D eigenvalue weighted by Crippen LogP contribution is 2.48. The summed E-state index contributed by atoms with van der Waals surface area (Å²) in [7, 11) is -2.05. The van der Waals surface area contributed by atoms with Crippen molar-refractivity contribution in [2.75, 3.05) is 23.4 Å². The predicted molar refractivity (Wildman–Crippen MR) is 97.3 cm³/mol. The summed E-state index contributed by atoms with van der Waals surface area (Å²) in [5, 5.41) is 2.79. The van der Waals surface area contributed by atoms with Gasteiger partial charge in [0.25, 0.3) is 0 Å². The standard InChI is InChI=1S/C18H19FN2O4S/c1-25-17-8-7-13(9-16(17)21-26(2,23)24)20-18(22)15-10-14(15)11-3-5-12(19)6-4-11/h3-9,14-15,21H,10H2,1-2H3,(H,20,22)/t14-,15+/m0/s1. The fourth-order valence-corrected chi connectivity index (χ4v) is 3.42. The lowest BCUT2D eigenvalue weighted by molar-refractivity contribution is -0.117. The second-order valence-electron chi connectivity index (χ2n) is 6.28. The maximum absolute atomic E-state index is 13.0. The zero-order chi connectivity index (χ0) is 18.9. The molecule has 1 fully saturated rings. The number of hydrogen-bond acceptors (Lipinski definition) is 4. The van der Waals surface area contributed by atoms with Gasteiger partial charge in [0, 0.05) is 11.6 Å². The van der Waals surface area contributed by atoms with E-state index in [0.29, 0.717) is 17.9 Å². The first-order chi connectivity index (χ1) is 12.3. The molecule has 0 aromatic heterocycles. The van der Waals surface area contributed by atoms with Crippen molar-refractivity contribution in [3.05, 3.63) is 53.8 Å². The number of amides is 1. The Bertz CT molecular complexity index is 929. The average Bonchev–Trinajstić information content (AvgIpc) is 3.35. The normalized spacial score (nSPS) is 18.9. The van der Waals surface area contributed by atoms with Crippen LogP contribution in [0.15, 0.2) is 42.5 Å². The average molecular weight is 378 g/mol. The van der Waals surface area contributed by atoms with Crippen LogP contribution in [-0.4, -0.2) is 27.7 Å². The highest BCUT2D eigenvalue weighted by Gasteiger charge is 2.43. The topological polar surface area (TPSA) is 84.5 Å². The first-order valence-corrected chi connectivity index (χ1v) is 9.88. The number of sulfonamides is 1. The van der Waals surface area contributed by atoms with Gasteiger partial charge in [-0.3, -0.25) is 9.52 Å². The van der Waals surface area contributed by atoms with E-state index in [1.807, 2.05) is 0 Å². The number of hydrogen-bond donors (Lipinski definition) is 2. The van der Waals surface area contributed by atoms with Crippen molar-refractivity contribution in [3.63, 3.8) is 0 Å². The largest absolute Gasteiger partial charge is 0.495 e. The minimum Gasteiger partial charge on any atom is -0.495 e. The number of halogens is 1. The highest BCUT2D eigenvalue weighted by molar-refractivity contribution is 7.92. The lowest BCUT2D eigenvalue weighted by atomic mass is 10.1. The van der Waals surface area contributed by atoms with Crippen molar-refractivity contribution < 1.29 is 22.3 Å². The molecule has 2 atom stereocenters. The first-order valence-electron chi connectivity index (χ1n) is 7.99. The first kappa shape index (κ1) is 18.2. The molecule has 3 rings (SSSR count). The van der Waals surface area contributed by atoms with Crippen LogP contribution in [0.5, 0.6) is 5.75 Å². The smallest absolute Gasteiger partial charge is 0.229 e. The molecule has 8 heteroatoms. The number of anilines is 2. The van der Waals surface area contributed by atoms with E-state index < -0.39 is 10.0 Å². The van der Waals surface area contributed by atoms with Gasteiger partial charge in [0.2, 0.25) is 15.9 Å². The maximum Gasteiger partial charge on any atom is 0.229 e. The molecule has 2 aromatic rings. The highest BCUT2D eigenvalue weighted by atomic mass is 32.2. The molecule has 1 amide bonds. The van der Waals surface area contributed by atoms with Crippen molar-refractivity contribution in [1.82, 2.24) is 0 Å². The third-order valence-corrected chi connectivity index (χ3v) is 4.78. The number of rotatable bonds is 6. The van der Waals surface area contributed by atoms with Gasteiger partial charge >= 0.3 is 0 Å². The Hall–Kier alpha value is -2.61. The molecule has 1 saturated carbocycles. The molecule has 0 saturated heterocycles. The molecular weight excluding hydrogens is 359 g/mol. The number of carbonyl (C=O) groups is 1. The van der Waals surface area contributed by atoms with E-state index in [9.17, 15) is 17.6 Å². The van der Waals surface area contributed by atoms with Gasteiger partial charge in [-0.2, -0.15) is 0 Å². The molecule has 0 spiro atoms. The van der Waals surface area contributed by atoms with Crippen LogP contribution in [0.2, 0.25) is 0 Å². The van der Waals surface area contributed by atoms with Crippen LogP contribution in [-0.2, 0) is 14.8 Å². The Balaban J connectivity index is 1.70. The summed E-state index contributed by atoms with van der Waals surface area (Å²) in [5.41, 5.74) is 1.64. The van der Waals surface area contributed by atoms with E-state index in [2.05, 4.69) is 10.0 Å². The quantitative estimate of drug-likeness (QED) is 0.809. The second-order valence-corrected chi connectivity index (χ2v) is 8.03. The van der Waals surface area contributed by atoms with E-state index in [1.165, 1.54) is 25.3 Å². The number of ether oxygens (including phenoxy) is 1. The second kappa shape index (κ2) is 6.95. The fourth-order valence-electron chi connectivity index (χ4n) is 2.86. The molecular formula is C18H19FN2O4S. The molecule has 2 N–H and O–H groups in total. The molecule has 138 valence electrons. The van der Waals surface area contributed by atoms with Crippen LogP contribution >= 0.6 is 0 Å². The van der Waals surface area contributed by atoms with Crippen LogP contribution in [0.1, 0.15) is 17.9 Å². The lowest BCUT2D eigenvalue weighted by Crippen LogP contribution is -2.15. The molecule has 2 aromatic carbocycles. The van der Waals surface area contributed by atoms with Gasteiger partial charge in [0.05, 0.1) is 19.1 Å². The minimum atomic E-state index is -3.48. The zero-order valence-corrected chi connectivity index (χ0v) is 15.1. The predicted octanol–water partition coefficient (Wildman–Crippen LogP) is 2.95. The Morgan fingerprint density at radius 1 is 1.19 bits per heavy atom. The summed E-state index contributed by atoms with van der Waals surface area (Å²) in [6.07, 6.45) is 1.73. The van der Waals surface area contributed by atoms with Gasteiger partial charge in [-0.05, 0) is 48.2 Å². The number of methoxy groups -OCH3 is 1. The maximum atomic E-state index is 13.0. The molecule has 26 heavy (non-hydrogen) atoms. The van der Waals surface area contributed by atoms with Crippen molar-refractivity contribution in [3.8, 4) is 5.75 Å². The van der Waals surface area contributed by atoms with Gasteiger partial charge in [-0.1, -0.05) is 12.1 Å². The molecule has 0 bridgehead atoms. The minimum absolute atomic E-state index is 0.0717. The molecule has 0 aliphatic heterocycles. The summed E-state index contributed by atoms with van der Waals surface area (Å²) in [6, 6.07) is 10.9. The number of benzene rings is 2. The lowest BCUT2D eigenvalue weighted by Gasteiger charge is -2.12. The molecule has 0 heterocycles. The summed E-state index contributed by atoms with van der Waals surface area (Å²) in [4.78, 5) is 12.4. The monoisotopic (exact) mass is 378 g/mol. The SMILES string of the molecule is COc1ccc(NC(=O)[C@@H]2C[C@H]2c2ccc(F)cc2)cc1NS(C)(=O)=O. The number of carbonyl (C=O) groups excluding carboxylic acids is 1. The third-order valence-electron chi connectivity index (χ3n) is 4.19. The summed E-state index contributed by atoms with van der Waals surface area (Å²) >= 11 is 0. The van der Waals surface area contributed by atoms with Gasteiger partial charge in [-0.25, -0.2) is 12.8 Å².